The first-order chi connectivity index (χ1) is 10.5. The Labute approximate surface area is 138 Å². The number of carbonyl (C=O) groups excluding carboxylic acids is 1. The lowest BCUT2D eigenvalue weighted by atomic mass is 10.2. The van der Waals surface area contributed by atoms with Crippen LogP contribution in [0.5, 0.6) is 5.75 Å². The molecule has 4 nitrogen and oxygen atoms in total. The standard InChI is InChI=1S/C17H17BrN2O2/c1-12-3-5-14(6-4-12)11-19-20-17(21)13(2)22-16-9-7-15(18)8-10-16/h3-11,13H,1-2H3,(H,20,21)/b19-11-. The first kappa shape index (κ1) is 16.2. The van der Waals surface area contributed by atoms with E-state index in [1.54, 1.807) is 25.3 Å². The van der Waals surface area contributed by atoms with Crippen LogP contribution >= 0.6 is 15.9 Å². The number of nitrogens with one attached hydrogen (secondary N) is 1. The first-order valence-electron chi connectivity index (χ1n) is 6.86. The minimum Gasteiger partial charge on any atom is -0.481 e. The maximum absolute atomic E-state index is 11.9. The summed E-state index contributed by atoms with van der Waals surface area (Å²) in [6, 6.07) is 15.2. The lowest BCUT2D eigenvalue weighted by molar-refractivity contribution is -0.127. The molecule has 2 aromatic rings. The van der Waals surface area contributed by atoms with E-state index >= 15 is 0 Å². The van der Waals surface area contributed by atoms with Gasteiger partial charge in [0.25, 0.3) is 5.91 Å². The number of ether oxygens (including phenoxy) is 1. The molecule has 2 rings (SSSR count). The molecule has 0 aliphatic carbocycles. The number of amides is 1. The number of hydrogen-bond acceptors (Lipinski definition) is 3. The predicted octanol–water partition coefficient (Wildman–Crippen LogP) is 3.68. The average Bonchev–Trinajstić information content (AvgIpc) is 2.51. The molecule has 1 unspecified atom stereocenters. The molecule has 22 heavy (non-hydrogen) atoms. The van der Waals surface area contributed by atoms with Gasteiger partial charge in [-0.3, -0.25) is 4.79 Å². The van der Waals surface area contributed by atoms with Gasteiger partial charge in [0.05, 0.1) is 6.21 Å². The van der Waals surface area contributed by atoms with Crippen molar-refractivity contribution in [2.75, 3.05) is 0 Å². The smallest absolute Gasteiger partial charge is 0.280 e. The van der Waals surface area contributed by atoms with E-state index in [0.29, 0.717) is 5.75 Å². The van der Waals surface area contributed by atoms with Gasteiger partial charge in [0.15, 0.2) is 6.10 Å². The van der Waals surface area contributed by atoms with E-state index in [2.05, 4.69) is 26.5 Å². The molecule has 0 saturated heterocycles. The molecular weight excluding hydrogens is 344 g/mol. The molecule has 0 aromatic heterocycles. The third kappa shape index (κ3) is 5.00. The van der Waals surface area contributed by atoms with E-state index < -0.39 is 6.10 Å². The quantitative estimate of drug-likeness (QED) is 0.653. The SMILES string of the molecule is Cc1ccc(/C=N\NC(=O)C(C)Oc2ccc(Br)cc2)cc1. The Kier molecular flexibility index (Phi) is 5.72. The molecule has 1 atom stereocenters. The summed E-state index contributed by atoms with van der Waals surface area (Å²) in [6.07, 6.45) is 0.972. The van der Waals surface area contributed by atoms with Crippen molar-refractivity contribution in [3.05, 3.63) is 64.1 Å². The number of halogens is 1. The molecule has 5 heteroatoms. The molecule has 0 bridgehead atoms. The molecule has 0 aliphatic heterocycles. The summed E-state index contributed by atoms with van der Waals surface area (Å²) in [5, 5.41) is 3.94. The molecular formula is C17H17BrN2O2. The maximum Gasteiger partial charge on any atom is 0.280 e. The normalized spacial score (nSPS) is 12.1. The fourth-order valence-electron chi connectivity index (χ4n) is 1.68. The Hall–Kier alpha value is -2.14. The second kappa shape index (κ2) is 7.75. The highest BCUT2D eigenvalue weighted by Gasteiger charge is 2.13. The van der Waals surface area contributed by atoms with Gasteiger partial charge in [-0.25, -0.2) is 5.43 Å². The Morgan fingerprint density at radius 1 is 1.18 bits per heavy atom. The van der Waals surface area contributed by atoms with Crippen molar-refractivity contribution in [3.63, 3.8) is 0 Å². The van der Waals surface area contributed by atoms with Crippen molar-refractivity contribution >= 4 is 28.1 Å². The fraction of sp³-hybridized carbons (Fsp3) is 0.176. The van der Waals surface area contributed by atoms with E-state index in [4.69, 9.17) is 4.74 Å². The van der Waals surface area contributed by atoms with Crippen LogP contribution in [-0.4, -0.2) is 18.2 Å². The van der Waals surface area contributed by atoms with Gasteiger partial charge >= 0.3 is 0 Å². The van der Waals surface area contributed by atoms with Crippen LogP contribution in [0, 0.1) is 6.92 Å². The van der Waals surface area contributed by atoms with Crippen molar-refractivity contribution in [3.8, 4) is 5.75 Å². The van der Waals surface area contributed by atoms with Crippen molar-refractivity contribution in [2.24, 2.45) is 5.10 Å². The summed E-state index contributed by atoms with van der Waals surface area (Å²) in [5.74, 6) is 0.333. The van der Waals surface area contributed by atoms with Gasteiger partial charge < -0.3 is 4.74 Å². The average molecular weight is 361 g/mol. The second-order valence-corrected chi connectivity index (χ2v) is 5.77. The van der Waals surface area contributed by atoms with Crippen molar-refractivity contribution in [1.29, 1.82) is 0 Å². The molecule has 0 fully saturated rings. The van der Waals surface area contributed by atoms with Crippen LogP contribution in [0.4, 0.5) is 0 Å². The van der Waals surface area contributed by atoms with Crippen LogP contribution in [0.1, 0.15) is 18.1 Å². The summed E-state index contributed by atoms with van der Waals surface area (Å²) in [4.78, 5) is 11.9. The van der Waals surface area contributed by atoms with Gasteiger partial charge in [-0.15, -0.1) is 0 Å². The van der Waals surface area contributed by atoms with Crippen molar-refractivity contribution in [1.82, 2.24) is 5.43 Å². The molecule has 2 aromatic carbocycles. The van der Waals surface area contributed by atoms with Crippen LogP contribution in [0.2, 0.25) is 0 Å². The fourth-order valence-corrected chi connectivity index (χ4v) is 1.95. The number of aryl methyl sites for hydroxylation is 1. The lowest BCUT2D eigenvalue weighted by Gasteiger charge is -2.12. The molecule has 0 spiro atoms. The Bertz CT molecular complexity index is 651. The van der Waals surface area contributed by atoms with E-state index in [1.807, 2.05) is 43.3 Å². The van der Waals surface area contributed by atoms with E-state index in [0.717, 1.165) is 10.0 Å². The summed E-state index contributed by atoms with van der Waals surface area (Å²) >= 11 is 3.35. The summed E-state index contributed by atoms with van der Waals surface area (Å²) < 4.78 is 6.50. The Balaban J connectivity index is 1.85. The van der Waals surface area contributed by atoms with Crippen molar-refractivity contribution in [2.45, 2.75) is 20.0 Å². The number of rotatable bonds is 5. The van der Waals surface area contributed by atoms with Gasteiger partial charge in [0, 0.05) is 4.47 Å². The zero-order chi connectivity index (χ0) is 15.9. The van der Waals surface area contributed by atoms with E-state index in [1.165, 1.54) is 5.56 Å². The van der Waals surface area contributed by atoms with Crippen LogP contribution in [-0.2, 0) is 4.79 Å². The largest absolute Gasteiger partial charge is 0.481 e. The monoisotopic (exact) mass is 360 g/mol. The molecule has 114 valence electrons. The third-order valence-electron chi connectivity index (χ3n) is 2.96. The molecule has 0 radical (unpaired) electrons. The maximum atomic E-state index is 11.9. The minimum absolute atomic E-state index is 0.300. The lowest BCUT2D eigenvalue weighted by Crippen LogP contribution is -2.33. The van der Waals surface area contributed by atoms with Crippen LogP contribution in [0.15, 0.2) is 58.1 Å². The van der Waals surface area contributed by atoms with Crippen LogP contribution in [0.25, 0.3) is 0 Å². The van der Waals surface area contributed by atoms with Gasteiger partial charge in [0.1, 0.15) is 5.75 Å². The number of carbonyl (C=O) groups is 1. The minimum atomic E-state index is -0.628. The summed E-state index contributed by atoms with van der Waals surface area (Å²) in [5.41, 5.74) is 4.58. The highest BCUT2D eigenvalue weighted by atomic mass is 79.9. The number of nitrogens with zero attached hydrogens (tertiary/aromatic N) is 1. The number of hydrogen-bond donors (Lipinski definition) is 1. The predicted molar refractivity (Wildman–Crippen MR) is 91.1 cm³/mol. The van der Waals surface area contributed by atoms with Gasteiger partial charge in [-0.05, 0) is 43.7 Å². The summed E-state index contributed by atoms with van der Waals surface area (Å²) in [7, 11) is 0. The van der Waals surface area contributed by atoms with Gasteiger partial charge in [0.2, 0.25) is 0 Å². The topological polar surface area (TPSA) is 50.7 Å². The van der Waals surface area contributed by atoms with E-state index in [9.17, 15) is 4.79 Å². The van der Waals surface area contributed by atoms with Crippen LogP contribution < -0.4 is 10.2 Å². The molecule has 0 heterocycles. The Morgan fingerprint density at radius 2 is 1.82 bits per heavy atom. The highest BCUT2D eigenvalue weighted by Crippen LogP contribution is 2.17. The molecule has 0 saturated carbocycles. The second-order valence-electron chi connectivity index (χ2n) is 4.86. The Morgan fingerprint density at radius 3 is 2.45 bits per heavy atom. The van der Waals surface area contributed by atoms with Crippen LogP contribution in [0.3, 0.4) is 0 Å². The van der Waals surface area contributed by atoms with Crippen molar-refractivity contribution < 1.29 is 9.53 Å². The zero-order valence-electron chi connectivity index (χ0n) is 12.4. The third-order valence-corrected chi connectivity index (χ3v) is 3.49. The molecule has 1 N–H and O–H groups in total. The highest BCUT2D eigenvalue weighted by molar-refractivity contribution is 9.10. The van der Waals surface area contributed by atoms with Gasteiger partial charge in [-0.1, -0.05) is 45.8 Å². The number of benzene rings is 2. The van der Waals surface area contributed by atoms with Gasteiger partial charge in [-0.2, -0.15) is 5.10 Å². The summed E-state index contributed by atoms with van der Waals surface area (Å²) in [6.45, 7) is 3.70. The molecule has 0 aliphatic rings. The van der Waals surface area contributed by atoms with E-state index in [-0.39, 0.29) is 5.91 Å². The first-order valence-corrected chi connectivity index (χ1v) is 7.66. The molecule has 1 amide bonds. The number of hydrazone groups is 1. The zero-order valence-corrected chi connectivity index (χ0v) is 14.0.